The van der Waals surface area contributed by atoms with E-state index >= 15 is 0 Å². The minimum atomic E-state index is 0.0542. The minimum Gasteiger partial charge on any atom is -0.389 e. The predicted octanol–water partition coefficient (Wildman–Crippen LogP) is 1.35. The van der Waals surface area contributed by atoms with E-state index in [9.17, 15) is 0 Å². The highest BCUT2D eigenvalue weighted by atomic mass is 32.1. The molecule has 2 N–H and O–H groups in total. The summed E-state index contributed by atoms with van der Waals surface area (Å²) in [5, 5.41) is 14.9. The number of aliphatic hydroxyl groups excluding tert-OH is 1. The number of nitrogens with zero attached hydrogens (tertiary/aromatic N) is 1. The average molecular weight is 200 g/mol. The molecule has 1 unspecified atom stereocenters. The van der Waals surface area contributed by atoms with Crippen LogP contribution in [0.5, 0.6) is 0 Å². The van der Waals surface area contributed by atoms with Crippen LogP contribution in [0.1, 0.15) is 30.5 Å². The van der Waals surface area contributed by atoms with Crippen LogP contribution in [0.3, 0.4) is 0 Å². The van der Waals surface area contributed by atoms with Crippen LogP contribution >= 0.6 is 11.3 Å². The van der Waals surface area contributed by atoms with E-state index in [1.165, 1.54) is 11.3 Å². The topological polar surface area (TPSA) is 45.1 Å². The van der Waals surface area contributed by atoms with Crippen LogP contribution in [0.15, 0.2) is 5.38 Å². The van der Waals surface area contributed by atoms with Crippen LogP contribution < -0.4 is 5.32 Å². The van der Waals surface area contributed by atoms with E-state index in [-0.39, 0.29) is 6.61 Å². The number of aromatic nitrogens is 1. The van der Waals surface area contributed by atoms with Crippen molar-refractivity contribution in [2.75, 3.05) is 13.1 Å². The molecule has 13 heavy (non-hydrogen) atoms. The van der Waals surface area contributed by atoms with Crippen molar-refractivity contribution in [2.45, 2.75) is 26.4 Å². The molecule has 0 fully saturated rings. The number of thiazole rings is 1. The third kappa shape index (κ3) is 3.06. The largest absolute Gasteiger partial charge is 0.389 e. The van der Waals surface area contributed by atoms with Crippen molar-refractivity contribution in [3.8, 4) is 0 Å². The fourth-order valence-corrected chi connectivity index (χ4v) is 1.86. The number of aliphatic hydroxyl groups is 1. The van der Waals surface area contributed by atoms with E-state index in [1.807, 2.05) is 5.38 Å². The zero-order chi connectivity index (χ0) is 9.68. The van der Waals surface area contributed by atoms with Crippen molar-refractivity contribution in [2.24, 2.45) is 0 Å². The van der Waals surface area contributed by atoms with Crippen LogP contribution in [0.4, 0.5) is 0 Å². The van der Waals surface area contributed by atoms with Crippen LogP contribution in [0.25, 0.3) is 0 Å². The van der Waals surface area contributed by atoms with Gasteiger partial charge in [-0.15, -0.1) is 11.3 Å². The molecule has 0 aromatic carbocycles. The highest BCUT2D eigenvalue weighted by molar-refractivity contribution is 7.09. The Morgan fingerprint density at radius 2 is 2.46 bits per heavy atom. The van der Waals surface area contributed by atoms with Gasteiger partial charge in [0.1, 0.15) is 5.01 Å². The Kier molecular flexibility index (Phi) is 4.35. The normalized spacial score (nSPS) is 13.2. The predicted molar refractivity (Wildman–Crippen MR) is 55.0 cm³/mol. The second-order valence-electron chi connectivity index (χ2n) is 3.03. The van der Waals surface area contributed by atoms with Gasteiger partial charge in [-0.3, -0.25) is 0 Å². The van der Waals surface area contributed by atoms with Gasteiger partial charge in [-0.1, -0.05) is 13.8 Å². The van der Waals surface area contributed by atoms with Gasteiger partial charge >= 0.3 is 0 Å². The molecule has 1 aromatic heterocycles. The molecule has 0 bridgehead atoms. The second-order valence-corrected chi connectivity index (χ2v) is 3.98. The quantitative estimate of drug-likeness (QED) is 0.754. The molecule has 1 heterocycles. The Morgan fingerprint density at radius 1 is 1.69 bits per heavy atom. The molecule has 0 aliphatic rings. The third-order valence-electron chi connectivity index (χ3n) is 1.91. The van der Waals surface area contributed by atoms with E-state index in [0.29, 0.717) is 5.92 Å². The number of nitrogens with one attached hydrogen (secondary N) is 1. The summed E-state index contributed by atoms with van der Waals surface area (Å²) in [6, 6.07) is 0. The summed E-state index contributed by atoms with van der Waals surface area (Å²) in [6.07, 6.45) is 0. The van der Waals surface area contributed by atoms with Gasteiger partial charge in [0.05, 0.1) is 12.3 Å². The van der Waals surface area contributed by atoms with Crippen LogP contribution in [-0.2, 0) is 6.61 Å². The smallest absolute Gasteiger partial charge is 0.118 e. The average Bonchev–Trinajstić information content (AvgIpc) is 2.62. The fourth-order valence-electron chi connectivity index (χ4n) is 1.09. The number of hydrogen-bond donors (Lipinski definition) is 2. The first-order valence-corrected chi connectivity index (χ1v) is 5.41. The SMILES string of the molecule is CCNCC(C)c1csc(CO)n1. The summed E-state index contributed by atoms with van der Waals surface area (Å²) < 4.78 is 0. The van der Waals surface area contributed by atoms with Crippen molar-refractivity contribution in [3.05, 3.63) is 16.1 Å². The van der Waals surface area contributed by atoms with Crippen molar-refractivity contribution >= 4 is 11.3 Å². The van der Waals surface area contributed by atoms with Crippen molar-refractivity contribution < 1.29 is 5.11 Å². The first-order valence-electron chi connectivity index (χ1n) is 4.53. The van der Waals surface area contributed by atoms with E-state index in [1.54, 1.807) is 0 Å². The highest BCUT2D eigenvalue weighted by Crippen LogP contribution is 2.17. The van der Waals surface area contributed by atoms with Gasteiger partial charge < -0.3 is 10.4 Å². The summed E-state index contributed by atoms with van der Waals surface area (Å²) in [4.78, 5) is 4.31. The van der Waals surface area contributed by atoms with Gasteiger partial charge in [0.15, 0.2) is 0 Å². The lowest BCUT2D eigenvalue weighted by molar-refractivity contribution is 0.281. The number of rotatable bonds is 5. The molecule has 1 rings (SSSR count). The van der Waals surface area contributed by atoms with Crippen molar-refractivity contribution in [1.29, 1.82) is 0 Å². The van der Waals surface area contributed by atoms with E-state index < -0.39 is 0 Å². The lowest BCUT2D eigenvalue weighted by Gasteiger charge is -2.07. The van der Waals surface area contributed by atoms with Crippen molar-refractivity contribution in [1.82, 2.24) is 10.3 Å². The molecule has 0 aliphatic heterocycles. The molecule has 0 saturated carbocycles. The van der Waals surface area contributed by atoms with E-state index in [0.717, 1.165) is 23.8 Å². The summed E-state index contributed by atoms with van der Waals surface area (Å²) in [5.74, 6) is 0.427. The molecule has 3 nitrogen and oxygen atoms in total. The van der Waals surface area contributed by atoms with Gasteiger partial charge in [-0.2, -0.15) is 0 Å². The maximum Gasteiger partial charge on any atom is 0.118 e. The molecular formula is C9H16N2OS. The maximum absolute atomic E-state index is 8.84. The lowest BCUT2D eigenvalue weighted by Crippen LogP contribution is -2.19. The second kappa shape index (κ2) is 5.32. The molecule has 0 radical (unpaired) electrons. The van der Waals surface area contributed by atoms with Gasteiger partial charge in [0, 0.05) is 17.8 Å². The number of hydrogen-bond acceptors (Lipinski definition) is 4. The Morgan fingerprint density at radius 3 is 3.00 bits per heavy atom. The third-order valence-corrected chi connectivity index (χ3v) is 2.76. The number of likely N-dealkylation sites (N-methyl/N-ethyl adjacent to an activating group) is 1. The van der Waals surface area contributed by atoms with E-state index in [2.05, 4.69) is 24.1 Å². The molecule has 0 spiro atoms. The van der Waals surface area contributed by atoms with Crippen LogP contribution in [-0.4, -0.2) is 23.2 Å². The highest BCUT2D eigenvalue weighted by Gasteiger charge is 2.08. The van der Waals surface area contributed by atoms with Gasteiger partial charge in [-0.05, 0) is 6.54 Å². The molecule has 0 aliphatic carbocycles. The minimum absolute atomic E-state index is 0.0542. The fraction of sp³-hybridized carbons (Fsp3) is 0.667. The maximum atomic E-state index is 8.84. The molecule has 0 amide bonds. The molecular weight excluding hydrogens is 184 g/mol. The van der Waals surface area contributed by atoms with Gasteiger partial charge in [-0.25, -0.2) is 4.98 Å². The van der Waals surface area contributed by atoms with E-state index in [4.69, 9.17) is 5.11 Å². The van der Waals surface area contributed by atoms with Crippen LogP contribution in [0, 0.1) is 0 Å². The van der Waals surface area contributed by atoms with Crippen LogP contribution in [0.2, 0.25) is 0 Å². The zero-order valence-corrected chi connectivity index (χ0v) is 8.90. The van der Waals surface area contributed by atoms with Gasteiger partial charge in [0.25, 0.3) is 0 Å². The Hall–Kier alpha value is -0.450. The Labute approximate surface area is 82.8 Å². The Bertz CT molecular complexity index is 250. The molecule has 74 valence electrons. The molecule has 4 heteroatoms. The molecule has 0 saturated heterocycles. The van der Waals surface area contributed by atoms with Gasteiger partial charge in [0.2, 0.25) is 0 Å². The standard InChI is InChI=1S/C9H16N2OS/c1-3-10-4-7(2)8-6-13-9(5-12)11-8/h6-7,10,12H,3-5H2,1-2H3. The summed E-state index contributed by atoms with van der Waals surface area (Å²) in [5.41, 5.74) is 1.08. The first-order chi connectivity index (χ1) is 6.27. The monoisotopic (exact) mass is 200 g/mol. The molecule has 1 atom stereocenters. The van der Waals surface area contributed by atoms with Crippen molar-refractivity contribution in [3.63, 3.8) is 0 Å². The summed E-state index contributed by atoms with van der Waals surface area (Å²) >= 11 is 1.52. The first kappa shape index (κ1) is 10.6. The zero-order valence-electron chi connectivity index (χ0n) is 8.08. The lowest BCUT2D eigenvalue weighted by atomic mass is 10.1. The summed E-state index contributed by atoms with van der Waals surface area (Å²) in [6.45, 7) is 6.22. The Balaban J connectivity index is 2.50. The summed E-state index contributed by atoms with van der Waals surface area (Å²) in [7, 11) is 0. The molecule has 1 aromatic rings.